The Balaban J connectivity index is 1.71. The van der Waals surface area contributed by atoms with E-state index >= 15 is 0 Å². The normalized spacial score (nSPS) is 16.6. The van der Waals surface area contributed by atoms with Crippen molar-refractivity contribution in [2.24, 2.45) is 5.92 Å². The number of pyridine rings is 1. The van der Waals surface area contributed by atoms with Crippen LogP contribution in [0.1, 0.15) is 6.42 Å². The van der Waals surface area contributed by atoms with Gasteiger partial charge < -0.3 is 11.1 Å². The Labute approximate surface area is 88.5 Å². The van der Waals surface area contributed by atoms with E-state index in [0.717, 1.165) is 5.92 Å². The van der Waals surface area contributed by atoms with Crippen molar-refractivity contribution in [1.82, 2.24) is 10.3 Å². The van der Waals surface area contributed by atoms with E-state index in [1.54, 1.807) is 0 Å². The Morgan fingerprint density at radius 3 is 2.93 bits per heavy atom. The first-order chi connectivity index (χ1) is 6.84. The number of rotatable bonds is 4. The summed E-state index contributed by atoms with van der Waals surface area (Å²) in [6.45, 7) is 2.39. The van der Waals surface area contributed by atoms with Crippen molar-refractivity contribution in [2.45, 2.75) is 11.3 Å². The lowest BCUT2D eigenvalue weighted by atomic mass is 10.0. The molecule has 0 amide bonds. The molecule has 4 heteroatoms. The number of hydrogen-bond donors (Lipinski definition) is 2. The van der Waals surface area contributed by atoms with Crippen LogP contribution in [0, 0.1) is 5.92 Å². The monoisotopic (exact) mass is 209 g/mol. The highest BCUT2D eigenvalue weighted by molar-refractivity contribution is 7.99. The molecule has 14 heavy (non-hydrogen) atoms. The molecular formula is C10H15N3S. The van der Waals surface area contributed by atoms with Gasteiger partial charge in [0, 0.05) is 11.1 Å². The fourth-order valence-electron chi connectivity index (χ4n) is 1.37. The molecule has 1 aliphatic rings. The Bertz CT molecular complexity index is 282. The molecule has 0 atom stereocenters. The standard InChI is InChI=1S/C10H15N3S/c11-10-2-1-9(7-13-10)14-4-3-8-5-12-6-8/h1-2,7-8,12H,3-6H2,(H2,11,13). The Hall–Kier alpha value is -0.740. The summed E-state index contributed by atoms with van der Waals surface area (Å²) in [7, 11) is 0. The lowest BCUT2D eigenvalue weighted by molar-refractivity contribution is 0.341. The Kier molecular flexibility index (Phi) is 3.26. The second kappa shape index (κ2) is 4.66. The van der Waals surface area contributed by atoms with Crippen LogP contribution >= 0.6 is 11.8 Å². The van der Waals surface area contributed by atoms with Gasteiger partial charge in [0.25, 0.3) is 0 Å². The van der Waals surface area contributed by atoms with Crippen molar-refractivity contribution < 1.29 is 0 Å². The van der Waals surface area contributed by atoms with Crippen LogP contribution in [0.5, 0.6) is 0 Å². The zero-order valence-corrected chi connectivity index (χ0v) is 8.89. The van der Waals surface area contributed by atoms with Crippen LogP contribution in [0.25, 0.3) is 0 Å². The number of anilines is 1. The molecule has 3 nitrogen and oxygen atoms in total. The number of aromatic nitrogens is 1. The lowest BCUT2D eigenvalue weighted by Gasteiger charge is -2.26. The van der Waals surface area contributed by atoms with E-state index in [1.807, 2.05) is 30.1 Å². The van der Waals surface area contributed by atoms with Crippen molar-refractivity contribution in [1.29, 1.82) is 0 Å². The summed E-state index contributed by atoms with van der Waals surface area (Å²) >= 11 is 1.86. The number of hydrogen-bond acceptors (Lipinski definition) is 4. The molecular weight excluding hydrogens is 194 g/mol. The van der Waals surface area contributed by atoms with Crippen LogP contribution in [0.3, 0.4) is 0 Å². The highest BCUT2D eigenvalue weighted by Gasteiger charge is 2.15. The van der Waals surface area contributed by atoms with Gasteiger partial charge in [-0.3, -0.25) is 0 Å². The SMILES string of the molecule is Nc1ccc(SCCC2CNC2)cn1. The molecule has 0 unspecified atom stereocenters. The number of thioether (sulfide) groups is 1. The molecule has 2 rings (SSSR count). The van der Waals surface area contributed by atoms with Gasteiger partial charge in [0.1, 0.15) is 5.82 Å². The van der Waals surface area contributed by atoms with Gasteiger partial charge in [-0.25, -0.2) is 4.98 Å². The van der Waals surface area contributed by atoms with Crippen LogP contribution in [0.4, 0.5) is 5.82 Å². The summed E-state index contributed by atoms with van der Waals surface area (Å²) in [5, 5.41) is 3.28. The number of nitrogens with one attached hydrogen (secondary N) is 1. The molecule has 0 saturated carbocycles. The van der Waals surface area contributed by atoms with Crippen molar-refractivity contribution in [3.05, 3.63) is 18.3 Å². The minimum atomic E-state index is 0.595. The second-order valence-corrected chi connectivity index (χ2v) is 4.75. The maximum Gasteiger partial charge on any atom is 0.123 e. The van der Waals surface area contributed by atoms with Gasteiger partial charge in [0.2, 0.25) is 0 Å². The summed E-state index contributed by atoms with van der Waals surface area (Å²) in [5.41, 5.74) is 5.51. The topological polar surface area (TPSA) is 50.9 Å². The van der Waals surface area contributed by atoms with Crippen LogP contribution in [-0.2, 0) is 0 Å². The van der Waals surface area contributed by atoms with Crippen LogP contribution in [0.2, 0.25) is 0 Å². The summed E-state index contributed by atoms with van der Waals surface area (Å²) in [5.74, 6) is 2.67. The third-order valence-corrected chi connectivity index (χ3v) is 3.43. The molecule has 0 radical (unpaired) electrons. The summed E-state index contributed by atoms with van der Waals surface area (Å²) in [6, 6.07) is 3.89. The Morgan fingerprint density at radius 1 is 1.50 bits per heavy atom. The van der Waals surface area contributed by atoms with E-state index in [2.05, 4.69) is 10.3 Å². The fraction of sp³-hybridized carbons (Fsp3) is 0.500. The molecule has 0 bridgehead atoms. The van der Waals surface area contributed by atoms with Gasteiger partial charge in [-0.1, -0.05) is 0 Å². The van der Waals surface area contributed by atoms with Crippen molar-refractivity contribution in [3.8, 4) is 0 Å². The van der Waals surface area contributed by atoms with Crippen molar-refractivity contribution in [3.63, 3.8) is 0 Å². The molecule has 76 valence electrons. The van der Waals surface area contributed by atoms with Crippen LogP contribution in [-0.4, -0.2) is 23.8 Å². The highest BCUT2D eigenvalue weighted by atomic mass is 32.2. The molecule has 0 spiro atoms. The van der Waals surface area contributed by atoms with E-state index in [4.69, 9.17) is 5.73 Å². The highest BCUT2D eigenvalue weighted by Crippen LogP contribution is 2.21. The third-order valence-electron chi connectivity index (χ3n) is 2.42. The molecule has 3 N–H and O–H groups in total. The van der Waals surface area contributed by atoms with Crippen LogP contribution in [0.15, 0.2) is 23.2 Å². The first-order valence-corrected chi connectivity index (χ1v) is 5.88. The average Bonchev–Trinajstić information content (AvgIpc) is 2.12. The molecule has 1 fully saturated rings. The van der Waals surface area contributed by atoms with Gasteiger partial charge in [-0.2, -0.15) is 0 Å². The lowest BCUT2D eigenvalue weighted by Crippen LogP contribution is -2.42. The summed E-state index contributed by atoms with van der Waals surface area (Å²) in [6.07, 6.45) is 3.14. The van der Waals surface area contributed by atoms with Crippen LogP contribution < -0.4 is 11.1 Å². The first kappa shape index (κ1) is 9.80. The first-order valence-electron chi connectivity index (χ1n) is 4.89. The zero-order chi connectivity index (χ0) is 9.80. The van der Waals surface area contributed by atoms with E-state index in [0.29, 0.717) is 5.82 Å². The molecule has 1 saturated heterocycles. The molecule has 1 aromatic heterocycles. The summed E-state index contributed by atoms with van der Waals surface area (Å²) in [4.78, 5) is 5.27. The number of nitrogen functional groups attached to an aromatic ring is 1. The minimum absolute atomic E-state index is 0.595. The van der Waals surface area contributed by atoms with E-state index in [-0.39, 0.29) is 0 Å². The third kappa shape index (κ3) is 2.62. The van der Waals surface area contributed by atoms with Crippen molar-refractivity contribution >= 4 is 17.6 Å². The van der Waals surface area contributed by atoms with Gasteiger partial charge in [-0.15, -0.1) is 11.8 Å². The maximum absolute atomic E-state index is 5.51. The number of nitrogens with two attached hydrogens (primary N) is 1. The van der Waals surface area contributed by atoms with Gasteiger partial charge in [-0.05, 0) is 43.3 Å². The predicted octanol–water partition coefficient (Wildman–Crippen LogP) is 1.37. The van der Waals surface area contributed by atoms with Gasteiger partial charge in [0.15, 0.2) is 0 Å². The van der Waals surface area contributed by atoms with E-state index in [9.17, 15) is 0 Å². The second-order valence-electron chi connectivity index (χ2n) is 3.58. The molecule has 2 heterocycles. The zero-order valence-electron chi connectivity index (χ0n) is 8.07. The van der Waals surface area contributed by atoms with Gasteiger partial charge >= 0.3 is 0 Å². The smallest absolute Gasteiger partial charge is 0.123 e. The molecule has 1 aliphatic heterocycles. The molecule has 0 aliphatic carbocycles. The predicted molar refractivity (Wildman–Crippen MR) is 60.4 cm³/mol. The minimum Gasteiger partial charge on any atom is -0.384 e. The average molecular weight is 209 g/mol. The maximum atomic E-state index is 5.51. The van der Waals surface area contributed by atoms with Crippen molar-refractivity contribution in [2.75, 3.05) is 24.6 Å². The van der Waals surface area contributed by atoms with Gasteiger partial charge in [0.05, 0.1) is 0 Å². The molecule has 1 aromatic rings. The van der Waals surface area contributed by atoms with E-state index < -0.39 is 0 Å². The number of nitrogens with zero attached hydrogens (tertiary/aromatic N) is 1. The fourth-order valence-corrected chi connectivity index (χ4v) is 2.35. The largest absolute Gasteiger partial charge is 0.384 e. The van der Waals surface area contributed by atoms with E-state index in [1.165, 1.54) is 30.2 Å². The summed E-state index contributed by atoms with van der Waals surface area (Å²) < 4.78 is 0. The quantitative estimate of drug-likeness (QED) is 0.735. The molecule has 0 aromatic carbocycles. The Morgan fingerprint density at radius 2 is 2.36 bits per heavy atom.